The highest BCUT2D eigenvalue weighted by atomic mass is 16.6. The molecule has 0 bridgehead atoms. The van der Waals surface area contributed by atoms with Crippen molar-refractivity contribution in [3.63, 3.8) is 0 Å². The van der Waals surface area contributed by atoms with Gasteiger partial charge in [-0.05, 0) is 34.1 Å². The van der Waals surface area contributed by atoms with Gasteiger partial charge in [0.1, 0.15) is 17.8 Å². The third-order valence-corrected chi connectivity index (χ3v) is 3.17. The van der Waals surface area contributed by atoms with Gasteiger partial charge in [-0.1, -0.05) is 0 Å². The topological polar surface area (TPSA) is 83.1 Å². The fourth-order valence-electron chi connectivity index (χ4n) is 2.24. The summed E-state index contributed by atoms with van der Waals surface area (Å²) in [5.41, 5.74) is -0.449. The third-order valence-electron chi connectivity index (χ3n) is 3.17. The molecule has 2 heterocycles. The van der Waals surface area contributed by atoms with E-state index >= 15 is 0 Å². The Morgan fingerprint density at radius 1 is 1.60 bits per heavy atom. The standard InChI is InChI=1S/C13H23N5O2/c1-9(11-14-8-15-17-11)16-10-5-6-18(7-10)12(19)20-13(2,3)4/h8-10,16H,5-7H2,1-4H3,(H,14,15,17). The summed E-state index contributed by atoms with van der Waals surface area (Å²) in [6.07, 6.45) is 2.17. The number of nitrogens with one attached hydrogen (secondary N) is 2. The highest BCUT2D eigenvalue weighted by molar-refractivity contribution is 5.68. The van der Waals surface area contributed by atoms with Crippen LogP contribution in [-0.4, -0.2) is 50.9 Å². The summed E-state index contributed by atoms with van der Waals surface area (Å²) in [5, 5.41) is 10.1. The Morgan fingerprint density at radius 3 is 2.95 bits per heavy atom. The molecule has 1 fully saturated rings. The first kappa shape index (κ1) is 14.8. The molecule has 0 aromatic carbocycles. The van der Waals surface area contributed by atoms with Crippen LogP contribution in [-0.2, 0) is 4.74 Å². The van der Waals surface area contributed by atoms with Gasteiger partial charge in [0.2, 0.25) is 0 Å². The van der Waals surface area contributed by atoms with Gasteiger partial charge >= 0.3 is 6.09 Å². The molecule has 7 nitrogen and oxygen atoms in total. The number of hydrogen-bond donors (Lipinski definition) is 2. The van der Waals surface area contributed by atoms with E-state index in [1.54, 1.807) is 4.90 Å². The molecule has 1 amide bonds. The maximum atomic E-state index is 12.0. The van der Waals surface area contributed by atoms with Crippen molar-refractivity contribution in [3.05, 3.63) is 12.2 Å². The molecule has 2 atom stereocenters. The van der Waals surface area contributed by atoms with Crippen LogP contribution >= 0.6 is 0 Å². The molecule has 1 aromatic rings. The number of carbonyl (C=O) groups excluding carboxylic acids is 1. The number of H-pyrrole nitrogens is 1. The van der Waals surface area contributed by atoms with Gasteiger partial charge < -0.3 is 15.0 Å². The number of hydrogen-bond acceptors (Lipinski definition) is 5. The summed E-state index contributed by atoms with van der Waals surface area (Å²) in [6, 6.07) is 0.337. The van der Waals surface area contributed by atoms with Crippen LogP contribution in [0.4, 0.5) is 4.79 Å². The van der Waals surface area contributed by atoms with E-state index in [0.29, 0.717) is 6.54 Å². The van der Waals surface area contributed by atoms with Crippen LogP contribution in [0.1, 0.15) is 46.0 Å². The number of carbonyl (C=O) groups is 1. The van der Waals surface area contributed by atoms with Crippen LogP contribution in [0.25, 0.3) is 0 Å². The van der Waals surface area contributed by atoms with E-state index in [0.717, 1.165) is 18.8 Å². The van der Waals surface area contributed by atoms with Crippen molar-refractivity contribution in [2.45, 2.75) is 51.8 Å². The van der Waals surface area contributed by atoms with Gasteiger partial charge in [-0.2, -0.15) is 5.10 Å². The van der Waals surface area contributed by atoms with Gasteiger partial charge in [-0.15, -0.1) is 0 Å². The van der Waals surface area contributed by atoms with E-state index in [2.05, 4.69) is 20.5 Å². The smallest absolute Gasteiger partial charge is 0.410 e. The van der Waals surface area contributed by atoms with Crippen LogP contribution < -0.4 is 5.32 Å². The average molecular weight is 281 g/mol. The Kier molecular flexibility index (Phi) is 4.27. The second kappa shape index (κ2) is 5.78. The molecular weight excluding hydrogens is 258 g/mol. The lowest BCUT2D eigenvalue weighted by molar-refractivity contribution is 0.0290. The zero-order valence-electron chi connectivity index (χ0n) is 12.5. The minimum absolute atomic E-state index is 0.0843. The molecule has 1 aromatic heterocycles. The Labute approximate surface area is 119 Å². The number of likely N-dealkylation sites (tertiary alicyclic amines) is 1. The van der Waals surface area contributed by atoms with E-state index in [1.165, 1.54) is 6.33 Å². The normalized spacial score (nSPS) is 21.0. The Hall–Kier alpha value is -1.63. The Morgan fingerprint density at radius 2 is 2.35 bits per heavy atom. The molecule has 0 aliphatic carbocycles. The Bertz CT molecular complexity index is 440. The summed E-state index contributed by atoms with van der Waals surface area (Å²) < 4.78 is 5.38. The van der Waals surface area contributed by atoms with Crippen molar-refractivity contribution in [3.8, 4) is 0 Å². The molecule has 7 heteroatoms. The molecular formula is C13H23N5O2. The fraction of sp³-hybridized carbons (Fsp3) is 0.769. The molecule has 1 aliphatic rings. The maximum Gasteiger partial charge on any atom is 0.410 e. The fourth-order valence-corrected chi connectivity index (χ4v) is 2.24. The number of nitrogens with zero attached hydrogens (tertiary/aromatic N) is 3. The summed E-state index contributed by atoms with van der Waals surface area (Å²) >= 11 is 0. The van der Waals surface area contributed by atoms with Crippen LogP contribution in [0.3, 0.4) is 0 Å². The molecule has 20 heavy (non-hydrogen) atoms. The van der Waals surface area contributed by atoms with E-state index in [-0.39, 0.29) is 18.2 Å². The molecule has 0 spiro atoms. The average Bonchev–Trinajstić information content (AvgIpc) is 2.97. The summed E-state index contributed by atoms with van der Waals surface area (Å²) in [6.45, 7) is 9.04. The molecule has 112 valence electrons. The van der Waals surface area contributed by atoms with Gasteiger partial charge in [-0.25, -0.2) is 9.78 Å². The summed E-state index contributed by atoms with van der Waals surface area (Å²) in [5.74, 6) is 0.806. The van der Waals surface area contributed by atoms with E-state index in [1.807, 2.05) is 27.7 Å². The lowest BCUT2D eigenvalue weighted by atomic mass is 10.2. The van der Waals surface area contributed by atoms with Gasteiger partial charge in [-0.3, -0.25) is 5.10 Å². The van der Waals surface area contributed by atoms with Crippen LogP contribution in [0.15, 0.2) is 6.33 Å². The van der Waals surface area contributed by atoms with Crippen molar-refractivity contribution in [2.24, 2.45) is 0 Å². The number of ether oxygens (including phenoxy) is 1. The van der Waals surface area contributed by atoms with Crippen LogP contribution in [0.5, 0.6) is 0 Å². The highest BCUT2D eigenvalue weighted by Gasteiger charge is 2.30. The molecule has 1 saturated heterocycles. The van der Waals surface area contributed by atoms with E-state index < -0.39 is 5.60 Å². The lowest BCUT2D eigenvalue weighted by Gasteiger charge is -2.24. The molecule has 2 rings (SSSR count). The second-order valence-corrected chi connectivity index (χ2v) is 6.17. The number of aromatic nitrogens is 3. The van der Waals surface area contributed by atoms with Crippen molar-refractivity contribution >= 4 is 6.09 Å². The van der Waals surface area contributed by atoms with Crippen molar-refractivity contribution in [1.29, 1.82) is 0 Å². The monoisotopic (exact) mass is 281 g/mol. The largest absolute Gasteiger partial charge is 0.444 e. The number of aromatic amines is 1. The summed E-state index contributed by atoms with van der Waals surface area (Å²) in [7, 11) is 0. The lowest BCUT2D eigenvalue weighted by Crippen LogP contribution is -2.39. The van der Waals surface area contributed by atoms with Crippen molar-refractivity contribution in [1.82, 2.24) is 25.4 Å². The third kappa shape index (κ3) is 3.93. The highest BCUT2D eigenvalue weighted by Crippen LogP contribution is 2.17. The number of amides is 1. The predicted molar refractivity (Wildman–Crippen MR) is 74.1 cm³/mol. The van der Waals surface area contributed by atoms with Gasteiger partial charge in [0.25, 0.3) is 0 Å². The van der Waals surface area contributed by atoms with Crippen molar-refractivity contribution < 1.29 is 9.53 Å². The quantitative estimate of drug-likeness (QED) is 0.876. The first-order valence-electron chi connectivity index (χ1n) is 6.94. The van der Waals surface area contributed by atoms with Gasteiger partial charge in [0.15, 0.2) is 0 Å². The zero-order valence-corrected chi connectivity index (χ0v) is 12.5. The van der Waals surface area contributed by atoms with Gasteiger partial charge in [0.05, 0.1) is 6.04 Å². The van der Waals surface area contributed by atoms with E-state index in [4.69, 9.17) is 4.74 Å². The molecule has 2 unspecified atom stereocenters. The summed E-state index contributed by atoms with van der Waals surface area (Å²) in [4.78, 5) is 17.8. The first-order valence-corrected chi connectivity index (χ1v) is 6.94. The first-order chi connectivity index (χ1) is 9.35. The minimum Gasteiger partial charge on any atom is -0.444 e. The molecule has 1 aliphatic heterocycles. The van der Waals surface area contributed by atoms with Gasteiger partial charge in [0, 0.05) is 19.1 Å². The molecule has 2 N–H and O–H groups in total. The van der Waals surface area contributed by atoms with E-state index in [9.17, 15) is 4.79 Å². The Balaban J connectivity index is 1.82. The second-order valence-electron chi connectivity index (χ2n) is 6.17. The van der Waals surface area contributed by atoms with Crippen LogP contribution in [0, 0.1) is 0 Å². The number of rotatable bonds is 3. The minimum atomic E-state index is -0.449. The molecule has 0 radical (unpaired) electrons. The maximum absolute atomic E-state index is 12.0. The molecule has 0 saturated carbocycles. The van der Waals surface area contributed by atoms with Crippen LogP contribution in [0.2, 0.25) is 0 Å². The SMILES string of the molecule is CC(NC1CCN(C(=O)OC(C)(C)C)C1)c1ncn[nH]1. The predicted octanol–water partition coefficient (Wildman–Crippen LogP) is 1.46. The van der Waals surface area contributed by atoms with Crippen molar-refractivity contribution in [2.75, 3.05) is 13.1 Å². The zero-order chi connectivity index (χ0) is 14.8.